The Morgan fingerprint density at radius 3 is 3.07 bits per heavy atom. The van der Waals surface area contributed by atoms with Crippen molar-refractivity contribution < 1.29 is 5.11 Å². The van der Waals surface area contributed by atoms with E-state index in [0.717, 1.165) is 26.2 Å². The molecule has 3 nitrogen and oxygen atoms in total. The molecule has 2 rings (SSSR count). The highest BCUT2D eigenvalue weighted by molar-refractivity contribution is 9.10. The molecule has 2 atom stereocenters. The second-order valence-electron chi connectivity index (χ2n) is 3.81. The van der Waals surface area contributed by atoms with Crippen molar-refractivity contribution in [1.29, 1.82) is 0 Å². The zero-order chi connectivity index (χ0) is 10.7. The van der Waals surface area contributed by atoms with Crippen LogP contribution in [-0.4, -0.2) is 30.8 Å². The maximum absolute atomic E-state index is 9.59. The van der Waals surface area contributed by atoms with Crippen molar-refractivity contribution in [3.05, 3.63) is 20.8 Å². The lowest BCUT2D eigenvalue weighted by Crippen LogP contribution is -2.30. The Labute approximate surface area is 102 Å². The molecule has 0 saturated carbocycles. The van der Waals surface area contributed by atoms with Gasteiger partial charge in [0.05, 0.1) is 6.10 Å². The van der Waals surface area contributed by atoms with Gasteiger partial charge in [-0.1, -0.05) is 0 Å². The van der Waals surface area contributed by atoms with Crippen LogP contribution < -0.4 is 10.6 Å². The van der Waals surface area contributed by atoms with E-state index in [1.165, 1.54) is 9.35 Å². The normalized spacial score (nSPS) is 26.0. The average molecular weight is 291 g/mol. The number of aliphatic hydroxyl groups excluding tert-OH is 1. The molecule has 15 heavy (non-hydrogen) atoms. The molecule has 1 aromatic heterocycles. The highest BCUT2D eigenvalue weighted by Crippen LogP contribution is 2.22. The summed E-state index contributed by atoms with van der Waals surface area (Å²) < 4.78 is 1.17. The fourth-order valence-electron chi connectivity index (χ4n) is 1.75. The third kappa shape index (κ3) is 3.01. The maximum Gasteiger partial charge on any atom is 0.0716 e. The Balaban J connectivity index is 1.73. The third-order valence-electron chi connectivity index (χ3n) is 2.69. The summed E-state index contributed by atoms with van der Waals surface area (Å²) in [4.78, 5) is 1.32. The van der Waals surface area contributed by atoms with Gasteiger partial charge in [0.2, 0.25) is 0 Å². The van der Waals surface area contributed by atoms with Crippen molar-refractivity contribution in [2.75, 3.05) is 19.6 Å². The lowest BCUT2D eigenvalue weighted by atomic mass is 10.1. The summed E-state index contributed by atoms with van der Waals surface area (Å²) in [5.41, 5.74) is 0. The average Bonchev–Trinajstić information content (AvgIpc) is 2.78. The van der Waals surface area contributed by atoms with E-state index >= 15 is 0 Å². The zero-order valence-corrected chi connectivity index (χ0v) is 10.8. The van der Waals surface area contributed by atoms with Gasteiger partial charge in [-0.2, -0.15) is 0 Å². The van der Waals surface area contributed by atoms with Crippen molar-refractivity contribution in [3.8, 4) is 0 Å². The molecular formula is C10H15BrN2OS. The quantitative estimate of drug-likeness (QED) is 0.780. The van der Waals surface area contributed by atoms with E-state index in [2.05, 4.69) is 38.0 Å². The summed E-state index contributed by atoms with van der Waals surface area (Å²) in [5, 5.41) is 18.2. The summed E-state index contributed by atoms with van der Waals surface area (Å²) in [6.07, 6.45) is -0.190. The van der Waals surface area contributed by atoms with Crippen LogP contribution in [-0.2, 0) is 6.54 Å². The number of nitrogens with one attached hydrogen (secondary N) is 2. The highest BCUT2D eigenvalue weighted by atomic mass is 79.9. The summed E-state index contributed by atoms with van der Waals surface area (Å²) in [6.45, 7) is 3.40. The fraction of sp³-hybridized carbons (Fsp3) is 0.600. The van der Waals surface area contributed by atoms with Gasteiger partial charge < -0.3 is 15.7 Å². The van der Waals surface area contributed by atoms with E-state index in [1.807, 2.05) is 0 Å². The molecule has 0 aliphatic carbocycles. The van der Waals surface area contributed by atoms with E-state index in [1.54, 1.807) is 11.3 Å². The van der Waals surface area contributed by atoms with E-state index in [-0.39, 0.29) is 6.10 Å². The Kier molecular flexibility index (Phi) is 4.16. The number of thiophene rings is 1. The van der Waals surface area contributed by atoms with Gasteiger partial charge >= 0.3 is 0 Å². The first-order chi connectivity index (χ1) is 7.27. The Bertz CT molecular complexity index is 318. The predicted molar refractivity (Wildman–Crippen MR) is 66.1 cm³/mol. The van der Waals surface area contributed by atoms with Crippen LogP contribution in [0.25, 0.3) is 0 Å². The molecule has 1 aliphatic rings. The molecule has 1 saturated heterocycles. The molecule has 1 fully saturated rings. The Morgan fingerprint density at radius 2 is 2.47 bits per heavy atom. The van der Waals surface area contributed by atoms with Crippen LogP contribution in [0.5, 0.6) is 0 Å². The number of rotatable bonds is 4. The van der Waals surface area contributed by atoms with Gasteiger partial charge in [-0.05, 0) is 27.4 Å². The number of hydrogen-bond acceptors (Lipinski definition) is 4. The van der Waals surface area contributed by atoms with Crippen molar-refractivity contribution in [3.63, 3.8) is 0 Å². The largest absolute Gasteiger partial charge is 0.391 e. The van der Waals surface area contributed by atoms with Crippen LogP contribution in [0.4, 0.5) is 0 Å². The number of β-amino-alcohol motifs (C(OH)–C–C–N with tert-alkyl or cyclic N) is 1. The van der Waals surface area contributed by atoms with Crippen LogP contribution in [0, 0.1) is 5.92 Å². The Hall–Kier alpha value is 0.0600. The molecule has 5 heteroatoms. The maximum atomic E-state index is 9.59. The van der Waals surface area contributed by atoms with Crippen LogP contribution in [0.1, 0.15) is 4.88 Å². The molecule has 84 valence electrons. The van der Waals surface area contributed by atoms with E-state index in [9.17, 15) is 5.11 Å². The molecule has 0 bridgehead atoms. The van der Waals surface area contributed by atoms with Crippen LogP contribution in [0.3, 0.4) is 0 Å². The van der Waals surface area contributed by atoms with Gasteiger partial charge in [0.1, 0.15) is 0 Å². The first-order valence-electron chi connectivity index (χ1n) is 5.08. The topological polar surface area (TPSA) is 44.3 Å². The van der Waals surface area contributed by atoms with Crippen molar-refractivity contribution >= 4 is 27.3 Å². The molecule has 2 unspecified atom stereocenters. The lowest BCUT2D eigenvalue weighted by Gasteiger charge is -2.13. The number of hydrogen-bond donors (Lipinski definition) is 3. The summed E-state index contributed by atoms with van der Waals surface area (Å²) >= 11 is 5.25. The standard InChI is InChI=1S/C10H15BrN2OS/c11-8-1-2-15-10(8)6-13-4-7-3-12-5-9(7)14/h1-2,7,9,12-14H,3-6H2. The lowest BCUT2D eigenvalue weighted by molar-refractivity contribution is 0.146. The van der Waals surface area contributed by atoms with Gasteiger partial charge in [0, 0.05) is 41.4 Å². The molecule has 2 heterocycles. The molecule has 0 spiro atoms. The van der Waals surface area contributed by atoms with Crippen LogP contribution in [0.15, 0.2) is 15.9 Å². The van der Waals surface area contributed by atoms with Gasteiger partial charge in [-0.25, -0.2) is 0 Å². The minimum atomic E-state index is -0.190. The van der Waals surface area contributed by atoms with E-state index in [0.29, 0.717) is 5.92 Å². The number of halogens is 1. The summed E-state index contributed by atoms with van der Waals surface area (Å²) in [7, 11) is 0. The van der Waals surface area contributed by atoms with E-state index in [4.69, 9.17) is 0 Å². The molecule has 3 N–H and O–H groups in total. The molecule has 0 radical (unpaired) electrons. The Morgan fingerprint density at radius 1 is 1.60 bits per heavy atom. The zero-order valence-electron chi connectivity index (χ0n) is 8.37. The van der Waals surface area contributed by atoms with Gasteiger partial charge in [-0.3, -0.25) is 0 Å². The third-order valence-corrected chi connectivity index (χ3v) is 4.61. The van der Waals surface area contributed by atoms with Gasteiger partial charge in [0.15, 0.2) is 0 Å². The fourth-order valence-corrected chi connectivity index (χ4v) is 3.21. The first kappa shape index (κ1) is 11.5. The van der Waals surface area contributed by atoms with Crippen molar-refractivity contribution in [2.24, 2.45) is 5.92 Å². The minimum Gasteiger partial charge on any atom is -0.391 e. The van der Waals surface area contributed by atoms with E-state index < -0.39 is 0 Å². The molecule has 1 aliphatic heterocycles. The smallest absolute Gasteiger partial charge is 0.0716 e. The second kappa shape index (κ2) is 5.41. The van der Waals surface area contributed by atoms with Crippen LogP contribution >= 0.6 is 27.3 Å². The SMILES string of the molecule is OC1CNCC1CNCc1sccc1Br. The molecule has 1 aromatic rings. The predicted octanol–water partition coefficient (Wildman–Crippen LogP) is 1.18. The monoisotopic (exact) mass is 290 g/mol. The second-order valence-corrected chi connectivity index (χ2v) is 5.66. The van der Waals surface area contributed by atoms with Gasteiger partial charge in [0.25, 0.3) is 0 Å². The summed E-state index contributed by atoms with van der Waals surface area (Å²) in [5.74, 6) is 0.351. The van der Waals surface area contributed by atoms with Crippen LogP contribution in [0.2, 0.25) is 0 Å². The number of aliphatic hydroxyl groups is 1. The van der Waals surface area contributed by atoms with Crippen molar-refractivity contribution in [1.82, 2.24) is 10.6 Å². The molecular weight excluding hydrogens is 276 g/mol. The van der Waals surface area contributed by atoms with Gasteiger partial charge in [-0.15, -0.1) is 11.3 Å². The summed E-state index contributed by atoms with van der Waals surface area (Å²) in [6, 6.07) is 2.06. The van der Waals surface area contributed by atoms with Crippen molar-refractivity contribution in [2.45, 2.75) is 12.6 Å². The minimum absolute atomic E-state index is 0.190. The first-order valence-corrected chi connectivity index (χ1v) is 6.76. The molecule has 0 amide bonds. The molecule has 0 aromatic carbocycles. The highest BCUT2D eigenvalue weighted by Gasteiger charge is 2.24.